The molecule has 0 radical (unpaired) electrons. The number of carboxylic acids is 1. The van der Waals surface area contributed by atoms with E-state index in [9.17, 15) is 9.59 Å². The van der Waals surface area contributed by atoms with Gasteiger partial charge in [-0.05, 0) is 49.7 Å². The zero-order valence-corrected chi connectivity index (χ0v) is 15.4. The van der Waals surface area contributed by atoms with Gasteiger partial charge in [-0.2, -0.15) is 0 Å². The van der Waals surface area contributed by atoms with E-state index < -0.39 is 12.6 Å². The summed E-state index contributed by atoms with van der Waals surface area (Å²) in [6.07, 6.45) is 0. The molecular formula is C20H23NO6. The van der Waals surface area contributed by atoms with E-state index >= 15 is 0 Å². The van der Waals surface area contributed by atoms with Gasteiger partial charge in [0.15, 0.2) is 18.1 Å². The van der Waals surface area contributed by atoms with Crippen molar-refractivity contribution < 1.29 is 28.9 Å². The van der Waals surface area contributed by atoms with Crippen LogP contribution in [-0.2, 0) is 16.1 Å². The monoisotopic (exact) mass is 373 g/mol. The summed E-state index contributed by atoms with van der Waals surface area (Å²) in [7, 11) is 0. The third-order valence-corrected chi connectivity index (χ3v) is 3.51. The minimum atomic E-state index is -1.09. The topological polar surface area (TPSA) is 94.1 Å². The first kappa shape index (κ1) is 20.3. The van der Waals surface area contributed by atoms with Gasteiger partial charge in [-0.15, -0.1) is 0 Å². The molecule has 0 unspecified atom stereocenters. The SMILES string of the molecule is CCOCc1cccc(NC(=O)c2ccc(OCC(=O)O)c(OCC)c2)c1. The van der Waals surface area contributed by atoms with Crippen LogP contribution in [0.4, 0.5) is 5.69 Å². The summed E-state index contributed by atoms with van der Waals surface area (Å²) >= 11 is 0. The van der Waals surface area contributed by atoms with Gasteiger partial charge in [0.05, 0.1) is 13.2 Å². The number of hydrogen-bond donors (Lipinski definition) is 2. The number of carbonyl (C=O) groups is 2. The third-order valence-electron chi connectivity index (χ3n) is 3.51. The van der Waals surface area contributed by atoms with Gasteiger partial charge in [0.25, 0.3) is 5.91 Å². The molecule has 144 valence electrons. The zero-order chi connectivity index (χ0) is 19.6. The van der Waals surface area contributed by atoms with E-state index in [-0.39, 0.29) is 11.7 Å². The van der Waals surface area contributed by atoms with Crippen molar-refractivity contribution in [3.05, 3.63) is 53.6 Å². The summed E-state index contributed by atoms with van der Waals surface area (Å²) in [5.41, 5.74) is 1.99. The fourth-order valence-corrected chi connectivity index (χ4v) is 2.34. The number of carbonyl (C=O) groups excluding carboxylic acids is 1. The van der Waals surface area contributed by atoms with Gasteiger partial charge >= 0.3 is 5.97 Å². The van der Waals surface area contributed by atoms with Crippen LogP contribution in [0.25, 0.3) is 0 Å². The molecule has 2 aromatic carbocycles. The molecule has 0 fully saturated rings. The number of aliphatic carboxylic acids is 1. The maximum atomic E-state index is 12.5. The van der Waals surface area contributed by atoms with Crippen molar-refractivity contribution in [1.29, 1.82) is 0 Å². The second kappa shape index (κ2) is 10.2. The number of nitrogens with one attached hydrogen (secondary N) is 1. The van der Waals surface area contributed by atoms with Crippen molar-refractivity contribution in [3.63, 3.8) is 0 Å². The molecule has 0 saturated heterocycles. The molecule has 7 nitrogen and oxygen atoms in total. The minimum absolute atomic E-state index is 0.273. The molecule has 1 amide bonds. The van der Waals surface area contributed by atoms with E-state index in [4.69, 9.17) is 19.3 Å². The average Bonchev–Trinajstić information content (AvgIpc) is 2.65. The molecule has 2 N–H and O–H groups in total. The number of anilines is 1. The number of amides is 1. The number of ether oxygens (including phenoxy) is 3. The summed E-state index contributed by atoms with van der Waals surface area (Å²) in [5, 5.41) is 11.6. The second-order valence-electron chi connectivity index (χ2n) is 5.57. The van der Waals surface area contributed by atoms with Crippen LogP contribution in [0.1, 0.15) is 29.8 Å². The van der Waals surface area contributed by atoms with Crippen LogP contribution < -0.4 is 14.8 Å². The second-order valence-corrected chi connectivity index (χ2v) is 5.57. The Kier molecular flexibility index (Phi) is 7.63. The number of hydrogen-bond acceptors (Lipinski definition) is 5. The van der Waals surface area contributed by atoms with Crippen LogP contribution in [-0.4, -0.2) is 36.8 Å². The van der Waals surface area contributed by atoms with Gasteiger partial charge in [0, 0.05) is 17.9 Å². The number of carboxylic acid groups (broad SMARTS) is 1. The van der Waals surface area contributed by atoms with Crippen LogP contribution in [0, 0.1) is 0 Å². The molecule has 2 rings (SSSR count). The Morgan fingerprint density at radius 3 is 2.52 bits per heavy atom. The Balaban J connectivity index is 2.13. The number of benzene rings is 2. The molecular weight excluding hydrogens is 350 g/mol. The highest BCUT2D eigenvalue weighted by Gasteiger charge is 2.13. The van der Waals surface area contributed by atoms with Crippen molar-refractivity contribution in [2.45, 2.75) is 20.5 Å². The summed E-state index contributed by atoms with van der Waals surface area (Å²) in [6.45, 7) is 4.67. The van der Waals surface area contributed by atoms with Crippen LogP contribution in [0.15, 0.2) is 42.5 Å². The molecule has 0 saturated carbocycles. The summed E-state index contributed by atoms with van der Waals surface area (Å²) < 4.78 is 16.0. The molecule has 0 aliphatic rings. The predicted octanol–water partition coefficient (Wildman–Crippen LogP) is 3.34. The van der Waals surface area contributed by atoms with Gasteiger partial charge in [0.2, 0.25) is 0 Å². The molecule has 0 spiro atoms. The Bertz CT molecular complexity index is 790. The van der Waals surface area contributed by atoms with E-state index in [1.807, 2.05) is 25.1 Å². The highest BCUT2D eigenvalue weighted by atomic mass is 16.5. The first-order valence-electron chi connectivity index (χ1n) is 8.63. The van der Waals surface area contributed by atoms with E-state index in [0.717, 1.165) is 5.56 Å². The quantitative estimate of drug-likeness (QED) is 0.663. The largest absolute Gasteiger partial charge is 0.490 e. The molecule has 7 heteroatoms. The summed E-state index contributed by atoms with van der Waals surface area (Å²) in [5.74, 6) is -0.813. The fourth-order valence-electron chi connectivity index (χ4n) is 2.34. The molecule has 0 bridgehead atoms. The highest BCUT2D eigenvalue weighted by Crippen LogP contribution is 2.29. The lowest BCUT2D eigenvalue weighted by Crippen LogP contribution is -2.13. The van der Waals surface area contributed by atoms with Gasteiger partial charge in [-0.1, -0.05) is 12.1 Å². The van der Waals surface area contributed by atoms with Crippen molar-refractivity contribution >= 4 is 17.6 Å². The molecule has 0 aliphatic carbocycles. The van der Waals surface area contributed by atoms with E-state index in [2.05, 4.69) is 5.32 Å². The van der Waals surface area contributed by atoms with Gasteiger partial charge in [0.1, 0.15) is 0 Å². The molecule has 2 aromatic rings. The Morgan fingerprint density at radius 1 is 1.00 bits per heavy atom. The third kappa shape index (κ3) is 6.31. The lowest BCUT2D eigenvalue weighted by molar-refractivity contribution is -0.139. The molecule has 0 atom stereocenters. The van der Waals surface area contributed by atoms with Gasteiger partial charge < -0.3 is 24.6 Å². The van der Waals surface area contributed by atoms with Crippen molar-refractivity contribution in [1.82, 2.24) is 0 Å². The van der Waals surface area contributed by atoms with Crippen molar-refractivity contribution in [3.8, 4) is 11.5 Å². The predicted molar refractivity (Wildman–Crippen MR) is 100 cm³/mol. The normalized spacial score (nSPS) is 10.3. The van der Waals surface area contributed by atoms with Crippen molar-refractivity contribution in [2.24, 2.45) is 0 Å². The minimum Gasteiger partial charge on any atom is -0.490 e. The Hall–Kier alpha value is -3.06. The van der Waals surface area contributed by atoms with Gasteiger partial charge in [-0.3, -0.25) is 4.79 Å². The Labute approximate surface area is 157 Å². The lowest BCUT2D eigenvalue weighted by Gasteiger charge is -2.13. The maximum Gasteiger partial charge on any atom is 0.341 e. The van der Waals surface area contributed by atoms with Gasteiger partial charge in [-0.25, -0.2) is 4.79 Å². The Morgan fingerprint density at radius 2 is 1.81 bits per heavy atom. The van der Waals surface area contributed by atoms with Crippen LogP contribution >= 0.6 is 0 Å². The molecule has 27 heavy (non-hydrogen) atoms. The fraction of sp³-hybridized carbons (Fsp3) is 0.300. The van der Waals surface area contributed by atoms with Crippen LogP contribution in [0.3, 0.4) is 0 Å². The van der Waals surface area contributed by atoms with E-state index in [1.165, 1.54) is 12.1 Å². The molecule has 0 heterocycles. The average molecular weight is 373 g/mol. The first-order chi connectivity index (χ1) is 13.0. The first-order valence-corrected chi connectivity index (χ1v) is 8.63. The van der Waals surface area contributed by atoms with E-state index in [0.29, 0.717) is 36.8 Å². The van der Waals surface area contributed by atoms with E-state index in [1.54, 1.807) is 19.1 Å². The summed E-state index contributed by atoms with van der Waals surface area (Å²) in [4.78, 5) is 23.2. The van der Waals surface area contributed by atoms with Crippen molar-refractivity contribution in [2.75, 3.05) is 25.1 Å². The molecule has 0 aromatic heterocycles. The number of rotatable bonds is 10. The standard InChI is InChI=1S/C20H23NO6/c1-3-25-12-14-6-5-7-16(10-14)21-20(24)15-8-9-17(27-13-19(22)23)18(11-15)26-4-2/h5-11H,3-4,12-13H2,1-2H3,(H,21,24)(H,22,23). The highest BCUT2D eigenvalue weighted by molar-refractivity contribution is 6.04. The molecule has 0 aliphatic heterocycles. The lowest BCUT2D eigenvalue weighted by atomic mass is 10.1. The summed E-state index contributed by atoms with van der Waals surface area (Å²) in [6, 6.07) is 12.0. The zero-order valence-electron chi connectivity index (χ0n) is 15.4. The van der Waals surface area contributed by atoms with Crippen LogP contribution in [0.2, 0.25) is 0 Å². The van der Waals surface area contributed by atoms with Crippen LogP contribution in [0.5, 0.6) is 11.5 Å². The maximum absolute atomic E-state index is 12.5. The smallest absolute Gasteiger partial charge is 0.341 e.